The molecule has 2 rings (SSSR count). The highest BCUT2D eigenvalue weighted by Gasteiger charge is 2.06. The van der Waals surface area contributed by atoms with E-state index >= 15 is 0 Å². The van der Waals surface area contributed by atoms with Gasteiger partial charge in [0.05, 0.1) is 0 Å². The van der Waals surface area contributed by atoms with Crippen LogP contribution in [0.3, 0.4) is 0 Å². The number of hydrogen-bond donors (Lipinski definition) is 0. The Morgan fingerprint density at radius 1 is 1.26 bits per heavy atom. The van der Waals surface area contributed by atoms with Gasteiger partial charge in [-0.1, -0.05) is 28.1 Å². The third kappa shape index (κ3) is 3.55. The number of carbonyl (C=O) groups is 1. The Kier molecular flexibility index (Phi) is 4.53. The molecule has 0 amide bonds. The van der Waals surface area contributed by atoms with Crippen LogP contribution in [0.1, 0.15) is 28.9 Å². The number of aromatic nitrogens is 1. The highest BCUT2D eigenvalue weighted by atomic mass is 79.9. The molecular weight excluding hydrogens is 304 g/mol. The van der Waals surface area contributed by atoms with Crippen molar-refractivity contribution in [2.45, 2.75) is 19.4 Å². The zero-order valence-electron chi connectivity index (χ0n) is 10.3. The van der Waals surface area contributed by atoms with Gasteiger partial charge in [-0.25, -0.2) is 0 Å². The molecule has 0 aliphatic rings. The summed E-state index contributed by atoms with van der Waals surface area (Å²) in [7, 11) is 0. The Morgan fingerprint density at radius 3 is 2.68 bits per heavy atom. The van der Waals surface area contributed by atoms with Crippen molar-refractivity contribution in [3.8, 4) is 6.07 Å². The molecule has 19 heavy (non-hydrogen) atoms. The van der Waals surface area contributed by atoms with Gasteiger partial charge in [-0.05, 0) is 30.7 Å². The maximum Gasteiger partial charge on any atom is 0.162 e. The number of carbonyl (C=O) groups excluding carboxylic acids is 1. The Labute approximate surface area is 120 Å². The van der Waals surface area contributed by atoms with Crippen molar-refractivity contribution in [1.82, 2.24) is 4.57 Å². The van der Waals surface area contributed by atoms with Crippen LogP contribution >= 0.6 is 15.9 Å². The molecule has 0 aliphatic heterocycles. The van der Waals surface area contributed by atoms with Crippen molar-refractivity contribution in [2.75, 3.05) is 0 Å². The quantitative estimate of drug-likeness (QED) is 0.788. The first-order valence-electron chi connectivity index (χ1n) is 6.05. The molecule has 3 nitrogen and oxygen atoms in total. The monoisotopic (exact) mass is 316 g/mol. The fourth-order valence-corrected chi connectivity index (χ4v) is 2.16. The van der Waals surface area contributed by atoms with E-state index in [2.05, 4.69) is 22.0 Å². The van der Waals surface area contributed by atoms with E-state index in [-0.39, 0.29) is 5.78 Å². The molecule has 0 atom stereocenters. The van der Waals surface area contributed by atoms with Gasteiger partial charge in [-0.15, -0.1) is 0 Å². The molecule has 1 aromatic heterocycles. The van der Waals surface area contributed by atoms with E-state index in [1.165, 1.54) is 0 Å². The second-order valence-electron chi connectivity index (χ2n) is 4.23. The lowest BCUT2D eigenvalue weighted by molar-refractivity contribution is 0.0978. The summed E-state index contributed by atoms with van der Waals surface area (Å²) >= 11 is 3.34. The lowest BCUT2D eigenvalue weighted by Gasteiger charge is -2.04. The largest absolute Gasteiger partial charge is 0.339 e. The van der Waals surface area contributed by atoms with Gasteiger partial charge in [-0.3, -0.25) is 4.79 Å². The standard InChI is InChI=1S/C15H13BrN2O/c16-13-7-5-12(6-8-13)15(19)4-2-10-18-9-1-3-14(18)11-17/h1,3,5-9H,2,4,10H2. The number of benzene rings is 1. The Morgan fingerprint density at radius 2 is 2.00 bits per heavy atom. The normalized spacial score (nSPS) is 10.1. The molecule has 0 radical (unpaired) electrons. The molecule has 0 N–H and O–H groups in total. The lowest BCUT2D eigenvalue weighted by Crippen LogP contribution is -2.04. The summed E-state index contributed by atoms with van der Waals surface area (Å²) in [6, 6.07) is 13.1. The summed E-state index contributed by atoms with van der Waals surface area (Å²) in [4.78, 5) is 11.9. The van der Waals surface area contributed by atoms with E-state index < -0.39 is 0 Å². The lowest BCUT2D eigenvalue weighted by atomic mass is 10.1. The molecule has 0 bridgehead atoms. The molecule has 0 unspecified atom stereocenters. The second kappa shape index (κ2) is 6.35. The zero-order valence-corrected chi connectivity index (χ0v) is 11.9. The number of halogens is 1. The summed E-state index contributed by atoms with van der Waals surface area (Å²) < 4.78 is 2.84. The van der Waals surface area contributed by atoms with Crippen LogP contribution in [0.5, 0.6) is 0 Å². The first-order valence-corrected chi connectivity index (χ1v) is 6.84. The summed E-state index contributed by atoms with van der Waals surface area (Å²) in [5.41, 5.74) is 1.37. The van der Waals surface area contributed by atoms with Crippen LogP contribution in [0.25, 0.3) is 0 Å². The first-order chi connectivity index (χ1) is 9.20. The van der Waals surface area contributed by atoms with Crippen LogP contribution in [0.2, 0.25) is 0 Å². The van der Waals surface area contributed by atoms with Gasteiger partial charge >= 0.3 is 0 Å². The third-order valence-electron chi connectivity index (χ3n) is 2.91. The van der Waals surface area contributed by atoms with Crippen LogP contribution in [-0.4, -0.2) is 10.4 Å². The minimum Gasteiger partial charge on any atom is -0.339 e. The van der Waals surface area contributed by atoms with Crippen molar-refractivity contribution < 1.29 is 4.79 Å². The Bertz CT molecular complexity index is 608. The van der Waals surface area contributed by atoms with E-state index in [0.717, 1.165) is 16.5 Å². The fourth-order valence-electron chi connectivity index (χ4n) is 1.90. The Balaban J connectivity index is 1.88. The number of rotatable bonds is 5. The molecule has 2 aromatic rings. The molecular formula is C15H13BrN2O. The summed E-state index contributed by atoms with van der Waals surface area (Å²) in [5, 5.41) is 8.88. The van der Waals surface area contributed by atoms with Crippen LogP contribution in [0.15, 0.2) is 47.1 Å². The molecule has 0 saturated heterocycles. The average molecular weight is 317 g/mol. The molecule has 4 heteroatoms. The summed E-state index contributed by atoms with van der Waals surface area (Å²) in [6.07, 6.45) is 3.09. The third-order valence-corrected chi connectivity index (χ3v) is 3.44. The van der Waals surface area contributed by atoms with Gasteiger partial charge in [0.25, 0.3) is 0 Å². The molecule has 0 spiro atoms. The number of aryl methyl sites for hydroxylation is 1. The van der Waals surface area contributed by atoms with Crippen LogP contribution in [-0.2, 0) is 6.54 Å². The fraction of sp³-hybridized carbons (Fsp3) is 0.200. The topological polar surface area (TPSA) is 45.8 Å². The minimum atomic E-state index is 0.137. The minimum absolute atomic E-state index is 0.137. The first kappa shape index (κ1) is 13.6. The van der Waals surface area contributed by atoms with Crippen molar-refractivity contribution >= 4 is 21.7 Å². The zero-order chi connectivity index (χ0) is 13.7. The van der Waals surface area contributed by atoms with Crippen LogP contribution in [0, 0.1) is 11.3 Å². The van der Waals surface area contributed by atoms with Crippen LogP contribution in [0.4, 0.5) is 0 Å². The van der Waals surface area contributed by atoms with Gasteiger partial charge in [0, 0.05) is 29.2 Å². The summed E-state index contributed by atoms with van der Waals surface area (Å²) in [5.74, 6) is 0.137. The number of nitrogens with zero attached hydrogens (tertiary/aromatic N) is 2. The number of hydrogen-bond acceptors (Lipinski definition) is 2. The van der Waals surface area contributed by atoms with Crippen molar-refractivity contribution in [3.05, 3.63) is 58.3 Å². The van der Waals surface area contributed by atoms with Gasteiger partial charge in [0.2, 0.25) is 0 Å². The van der Waals surface area contributed by atoms with Gasteiger partial charge < -0.3 is 4.57 Å². The van der Waals surface area contributed by atoms with Gasteiger partial charge in [0.15, 0.2) is 5.78 Å². The molecule has 0 fully saturated rings. The van der Waals surface area contributed by atoms with Crippen LogP contribution < -0.4 is 0 Å². The maximum absolute atomic E-state index is 11.9. The number of ketones is 1. The van der Waals surface area contributed by atoms with E-state index in [1.54, 1.807) is 6.07 Å². The van der Waals surface area contributed by atoms with Crippen molar-refractivity contribution in [3.63, 3.8) is 0 Å². The smallest absolute Gasteiger partial charge is 0.162 e. The average Bonchev–Trinajstić information content (AvgIpc) is 2.87. The van der Waals surface area contributed by atoms with E-state index in [9.17, 15) is 4.79 Å². The summed E-state index contributed by atoms with van der Waals surface area (Å²) in [6.45, 7) is 0.693. The number of nitriles is 1. The molecule has 0 aliphatic carbocycles. The molecule has 96 valence electrons. The van der Waals surface area contributed by atoms with Gasteiger partial charge in [-0.2, -0.15) is 5.26 Å². The highest BCUT2D eigenvalue weighted by molar-refractivity contribution is 9.10. The molecule has 0 saturated carbocycles. The Hall–Kier alpha value is -1.86. The molecule has 1 heterocycles. The maximum atomic E-state index is 11.9. The van der Waals surface area contributed by atoms with Crippen molar-refractivity contribution in [1.29, 1.82) is 5.26 Å². The number of Topliss-reactive ketones (excluding diaryl/α,β-unsaturated/α-hetero) is 1. The predicted octanol–water partition coefficient (Wildman–Crippen LogP) is 3.79. The predicted molar refractivity (Wildman–Crippen MR) is 76.9 cm³/mol. The van der Waals surface area contributed by atoms with Gasteiger partial charge in [0.1, 0.15) is 11.8 Å². The second-order valence-corrected chi connectivity index (χ2v) is 5.15. The van der Waals surface area contributed by atoms with E-state index in [0.29, 0.717) is 18.7 Å². The SMILES string of the molecule is N#Cc1cccn1CCCC(=O)c1ccc(Br)cc1. The molecule has 1 aromatic carbocycles. The van der Waals surface area contributed by atoms with E-state index in [4.69, 9.17) is 5.26 Å². The highest BCUT2D eigenvalue weighted by Crippen LogP contribution is 2.13. The van der Waals surface area contributed by atoms with Crippen molar-refractivity contribution in [2.24, 2.45) is 0 Å². The van der Waals surface area contributed by atoms with E-state index in [1.807, 2.05) is 41.1 Å².